The fourth-order valence-electron chi connectivity index (χ4n) is 5.28. The van der Waals surface area contributed by atoms with E-state index < -0.39 is 53.8 Å². The third kappa shape index (κ3) is 18.7. The number of nitrogens with one attached hydrogen (secondary N) is 3. The summed E-state index contributed by atoms with van der Waals surface area (Å²) in [6, 6.07) is -3.56. The first-order chi connectivity index (χ1) is 23.2. The van der Waals surface area contributed by atoms with E-state index in [1.165, 1.54) is 33.4 Å². The smallest absolute Gasteiger partial charge is 0.327 e. The average Bonchev–Trinajstić information content (AvgIpc) is 3.53. The van der Waals surface area contributed by atoms with Gasteiger partial charge in [0, 0.05) is 18.1 Å². The van der Waals surface area contributed by atoms with Crippen molar-refractivity contribution in [2.24, 2.45) is 11.7 Å². The number of allylic oxidation sites excluding steroid dienone is 5. The van der Waals surface area contributed by atoms with E-state index in [0.29, 0.717) is 38.0 Å². The van der Waals surface area contributed by atoms with Crippen molar-refractivity contribution in [2.45, 2.75) is 117 Å². The first-order valence-electron chi connectivity index (χ1n) is 17.3. The van der Waals surface area contributed by atoms with Crippen molar-refractivity contribution < 1.29 is 29.1 Å². The van der Waals surface area contributed by atoms with Crippen molar-refractivity contribution in [3.63, 3.8) is 0 Å². The van der Waals surface area contributed by atoms with Crippen molar-refractivity contribution >= 4 is 53.1 Å². The lowest BCUT2D eigenvalue weighted by molar-refractivity contribution is -0.144. The van der Waals surface area contributed by atoms with Crippen molar-refractivity contribution in [3.8, 4) is 0 Å². The summed E-state index contributed by atoms with van der Waals surface area (Å²) in [5.41, 5.74) is 9.82. The molecule has 0 bridgehead atoms. The molecule has 1 rings (SSSR count). The molecule has 49 heavy (non-hydrogen) atoms. The van der Waals surface area contributed by atoms with Crippen LogP contribution in [0, 0.1) is 5.92 Å². The molecule has 11 nitrogen and oxygen atoms in total. The highest BCUT2D eigenvalue weighted by molar-refractivity contribution is 7.99. The van der Waals surface area contributed by atoms with Crippen LogP contribution in [0.25, 0.3) is 0 Å². The van der Waals surface area contributed by atoms with Crippen molar-refractivity contribution in [1.82, 2.24) is 20.9 Å². The van der Waals surface area contributed by atoms with Crippen LogP contribution in [-0.4, -0.2) is 100 Å². The van der Waals surface area contributed by atoms with Crippen LogP contribution in [0.5, 0.6) is 0 Å². The highest BCUT2D eigenvalue weighted by atomic mass is 32.2. The van der Waals surface area contributed by atoms with Gasteiger partial charge in [-0.2, -0.15) is 23.5 Å². The minimum absolute atomic E-state index is 0.0583. The highest BCUT2D eigenvalue weighted by Crippen LogP contribution is 2.21. The standard InChI is InChI=1S/C36H61N5O6S2/c1-24(2)11-8-12-26(5)13-9-14-27(6)16-20-49-23-30(36(46)47)40-34(44)31-15-10-18-41(31)35(45)29(21-25(3)4)39-32(42)22-38-33(43)28(37)17-19-48-7/h11,13,16,25,28-31H,8-10,12,14-15,17-23,37H2,1-7H3,(H,38,43)(H,39,42)(H,40,44)(H,46,47)/b26-13+,27-16+/t28-,29-,30-,31-/m0/s1. The molecule has 0 aromatic carbocycles. The zero-order valence-electron chi connectivity index (χ0n) is 30.6. The van der Waals surface area contributed by atoms with E-state index in [1.54, 1.807) is 11.8 Å². The lowest BCUT2D eigenvalue weighted by Gasteiger charge is -2.30. The zero-order chi connectivity index (χ0) is 36.9. The number of amides is 4. The van der Waals surface area contributed by atoms with Crippen molar-refractivity contribution in [1.29, 1.82) is 0 Å². The molecule has 0 radical (unpaired) electrons. The number of nitrogens with two attached hydrogens (primary N) is 1. The van der Waals surface area contributed by atoms with Gasteiger partial charge in [-0.1, -0.05) is 48.8 Å². The Morgan fingerprint density at radius 3 is 2.22 bits per heavy atom. The Kier molecular flexibility index (Phi) is 22.0. The molecule has 1 saturated heterocycles. The Hall–Kier alpha value is -2.77. The molecule has 13 heteroatoms. The van der Waals surface area contributed by atoms with Gasteiger partial charge in [-0.25, -0.2) is 4.79 Å². The lowest BCUT2D eigenvalue weighted by Crippen LogP contribution is -2.56. The topological polar surface area (TPSA) is 171 Å². The van der Waals surface area contributed by atoms with E-state index in [0.717, 1.165) is 31.4 Å². The average molecular weight is 724 g/mol. The van der Waals surface area contributed by atoms with Crippen LogP contribution in [0.4, 0.5) is 0 Å². The molecule has 4 amide bonds. The molecular weight excluding hydrogens is 663 g/mol. The monoisotopic (exact) mass is 723 g/mol. The summed E-state index contributed by atoms with van der Waals surface area (Å²) in [6.07, 6.45) is 14.4. The summed E-state index contributed by atoms with van der Waals surface area (Å²) in [4.78, 5) is 65.4. The number of carboxylic acid groups (broad SMARTS) is 1. The Balaban J connectivity index is 2.71. The molecule has 0 saturated carbocycles. The molecule has 0 aromatic rings. The molecule has 1 aliphatic rings. The number of carbonyl (C=O) groups is 5. The normalized spacial score (nSPS) is 16.9. The van der Waals surface area contributed by atoms with Gasteiger partial charge in [0.2, 0.25) is 23.6 Å². The minimum Gasteiger partial charge on any atom is -0.480 e. The van der Waals surface area contributed by atoms with Crippen LogP contribution in [0.15, 0.2) is 34.9 Å². The van der Waals surface area contributed by atoms with Crippen LogP contribution in [0.1, 0.15) is 92.9 Å². The highest BCUT2D eigenvalue weighted by Gasteiger charge is 2.39. The first-order valence-corrected chi connectivity index (χ1v) is 19.9. The Morgan fingerprint density at radius 2 is 1.61 bits per heavy atom. The van der Waals surface area contributed by atoms with Crippen molar-refractivity contribution in [3.05, 3.63) is 34.9 Å². The molecule has 0 aliphatic carbocycles. The second-order valence-electron chi connectivity index (χ2n) is 13.4. The van der Waals surface area contributed by atoms with Gasteiger partial charge in [-0.15, -0.1) is 0 Å². The van der Waals surface area contributed by atoms with E-state index in [2.05, 4.69) is 61.9 Å². The van der Waals surface area contributed by atoms with Gasteiger partial charge < -0.3 is 31.7 Å². The molecule has 0 unspecified atom stereocenters. The SMILES string of the molecule is CSCC[C@H](N)C(=O)NCC(=O)N[C@@H](CC(C)C)C(=O)N1CCC[C@H]1C(=O)N[C@@H](CSC/C=C(\C)CC/C=C(\C)CCC=C(C)C)C(=O)O. The molecule has 1 aliphatic heterocycles. The third-order valence-corrected chi connectivity index (χ3v) is 9.76. The number of hydrogen-bond acceptors (Lipinski definition) is 8. The predicted octanol–water partition coefficient (Wildman–Crippen LogP) is 4.43. The molecule has 1 fully saturated rings. The molecule has 4 atom stereocenters. The molecule has 0 aromatic heterocycles. The summed E-state index contributed by atoms with van der Waals surface area (Å²) in [5, 5.41) is 17.7. The van der Waals surface area contributed by atoms with Gasteiger partial charge in [0.15, 0.2) is 0 Å². The number of rotatable bonds is 23. The van der Waals surface area contributed by atoms with Crippen molar-refractivity contribution in [2.75, 3.05) is 36.6 Å². The zero-order valence-corrected chi connectivity index (χ0v) is 32.3. The summed E-state index contributed by atoms with van der Waals surface area (Å²) >= 11 is 3.01. The number of hydrogen-bond donors (Lipinski definition) is 5. The summed E-state index contributed by atoms with van der Waals surface area (Å²) in [7, 11) is 0. The van der Waals surface area contributed by atoms with Gasteiger partial charge in [0.1, 0.15) is 18.1 Å². The van der Waals surface area contributed by atoms with Crippen LogP contribution in [-0.2, 0) is 24.0 Å². The number of nitrogens with zero attached hydrogens (tertiary/aromatic N) is 1. The van der Waals surface area contributed by atoms with E-state index in [-0.39, 0.29) is 18.2 Å². The second-order valence-corrected chi connectivity index (χ2v) is 15.5. The fraction of sp³-hybridized carbons (Fsp3) is 0.694. The summed E-state index contributed by atoms with van der Waals surface area (Å²) in [6.45, 7) is 12.3. The Bertz CT molecular complexity index is 1180. The number of carboxylic acids is 1. The van der Waals surface area contributed by atoms with Gasteiger partial charge in [-0.05, 0) is 97.0 Å². The molecule has 0 spiro atoms. The molecular formula is C36H61N5O6S2. The number of aliphatic carboxylic acids is 1. The van der Waals surface area contributed by atoms with Gasteiger partial charge in [0.25, 0.3) is 0 Å². The predicted molar refractivity (Wildman–Crippen MR) is 202 cm³/mol. The fourth-order valence-corrected chi connectivity index (χ4v) is 6.77. The van der Waals surface area contributed by atoms with Gasteiger partial charge in [-0.3, -0.25) is 19.2 Å². The quantitative estimate of drug-likeness (QED) is 0.0756. The van der Waals surface area contributed by atoms with E-state index in [1.807, 2.05) is 20.1 Å². The van der Waals surface area contributed by atoms with Gasteiger partial charge >= 0.3 is 5.97 Å². The summed E-state index contributed by atoms with van der Waals surface area (Å²) < 4.78 is 0. The number of likely N-dealkylation sites (tertiary alicyclic amines) is 1. The van der Waals surface area contributed by atoms with E-state index in [9.17, 15) is 29.1 Å². The first kappa shape index (κ1) is 44.3. The minimum atomic E-state index is -1.13. The Morgan fingerprint density at radius 1 is 0.959 bits per heavy atom. The lowest BCUT2D eigenvalue weighted by atomic mass is 10.0. The van der Waals surface area contributed by atoms with Crippen LogP contribution in [0.2, 0.25) is 0 Å². The molecule has 6 N–H and O–H groups in total. The van der Waals surface area contributed by atoms with E-state index >= 15 is 0 Å². The Labute approximate surface area is 302 Å². The van der Waals surface area contributed by atoms with Crippen LogP contribution >= 0.6 is 23.5 Å². The van der Waals surface area contributed by atoms with Gasteiger partial charge in [0.05, 0.1) is 12.6 Å². The third-order valence-electron chi connectivity index (χ3n) is 8.14. The number of thioether (sulfide) groups is 2. The largest absolute Gasteiger partial charge is 0.480 e. The number of carbonyl (C=O) groups excluding carboxylic acids is 4. The van der Waals surface area contributed by atoms with Crippen LogP contribution < -0.4 is 21.7 Å². The maximum Gasteiger partial charge on any atom is 0.327 e. The maximum atomic E-state index is 13.7. The van der Waals surface area contributed by atoms with E-state index in [4.69, 9.17) is 5.73 Å². The second kappa shape index (κ2) is 24.4. The summed E-state index contributed by atoms with van der Waals surface area (Å²) in [5.74, 6) is -1.42. The molecule has 1 heterocycles. The maximum absolute atomic E-state index is 13.7. The molecule has 278 valence electrons. The van der Waals surface area contributed by atoms with Crippen LogP contribution in [0.3, 0.4) is 0 Å².